The average molecular weight is 553 g/mol. The van der Waals surface area contributed by atoms with Gasteiger partial charge in [0.05, 0.1) is 11.4 Å². The summed E-state index contributed by atoms with van der Waals surface area (Å²) in [5.74, 6) is 1.93. The minimum atomic E-state index is -0.115. The van der Waals surface area contributed by atoms with Gasteiger partial charge >= 0.3 is 0 Å². The van der Waals surface area contributed by atoms with Crippen LogP contribution < -0.4 is 21.3 Å². The zero-order valence-corrected chi connectivity index (χ0v) is 24.6. The van der Waals surface area contributed by atoms with E-state index in [-0.39, 0.29) is 12.1 Å². The Bertz CT molecular complexity index is 2210. The maximum absolute atomic E-state index is 6.47. The molecular formula is C39H28BNO2. The summed E-state index contributed by atoms with van der Waals surface area (Å²) in [4.78, 5) is 2.47. The Morgan fingerprint density at radius 2 is 1.09 bits per heavy atom. The molecule has 0 spiro atoms. The summed E-state index contributed by atoms with van der Waals surface area (Å²) in [7, 11) is 0. The van der Waals surface area contributed by atoms with E-state index < -0.39 is 0 Å². The van der Waals surface area contributed by atoms with Gasteiger partial charge in [-0.3, -0.25) is 0 Å². The van der Waals surface area contributed by atoms with E-state index in [1.165, 1.54) is 71.9 Å². The number of fused-ring (bicyclic) bond motifs is 6. The number of furan rings is 2. The minimum absolute atomic E-state index is 0.111. The van der Waals surface area contributed by atoms with Crippen LogP contribution in [0.5, 0.6) is 0 Å². The highest BCUT2D eigenvalue weighted by Crippen LogP contribution is 2.53. The van der Waals surface area contributed by atoms with Crippen molar-refractivity contribution in [2.75, 3.05) is 4.90 Å². The zero-order valence-electron chi connectivity index (χ0n) is 24.6. The molecule has 204 valence electrons. The molecule has 0 saturated carbocycles. The number of para-hydroxylation sites is 2. The van der Waals surface area contributed by atoms with Crippen molar-refractivity contribution in [3.8, 4) is 22.3 Å². The van der Waals surface area contributed by atoms with E-state index in [0.29, 0.717) is 0 Å². The third-order valence-corrected chi connectivity index (χ3v) is 10.4. The Kier molecular flexibility index (Phi) is 4.23. The van der Waals surface area contributed by atoms with Crippen molar-refractivity contribution in [3.63, 3.8) is 0 Å². The van der Waals surface area contributed by atoms with Crippen LogP contribution in [0.3, 0.4) is 0 Å². The number of hydrogen-bond donors (Lipinski definition) is 0. The number of rotatable bonds is 1. The molecule has 5 aromatic carbocycles. The highest BCUT2D eigenvalue weighted by atomic mass is 16.3. The maximum Gasteiger partial charge on any atom is 0.244 e. The Morgan fingerprint density at radius 1 is 0.605 bits per heavy atom. The summed E-state index contributed by atoms with van der Waals surface area (Å²) in [6.07, 6.45) is 0. The average Bonchev–Trinajstić information content (AvgIpc) is 3.54. The Labute approximate surface area is 250 Å². The summed E-state index contributed by atoms with van der Waals surface area (Å²) in [6, 6.07) is 35.7. The van der Waals surface area contributed by atoms with Crippen LogP contribution in [0.15, 0.2) is 106 Å². The van der Waals surface area contributed by atoms with Crippen molar-refractivity contribution in [1.82, 2.24) is 0 Å². The van der Waals surface area contributed by atoms with Crippen molar-refractivity contribution in [2.45, 2.75) is 33.1 Å². The first-order chi connectivity index (χ1) is 20.9. The van der Waals surface area contributed by atoms with Crippen LogP contribution >= 0.6 is 0 Å². The molecule has 0 aliphatic carbocycles. The van der Waals surface area contributed by atoms with Crippen LogP contribution in [0, 0.1) is 13.8 Å². The molecule has 0 N–H and O–H groups in total. The summed E-state index contributed by atoms with van der Waals surface area (Å²) in [5.41, 5.74) is 17.0. The summed E-state index contributed by atoms with van der Waals surface area (Å²) >= 11 is 0. The van der Waals surface area contributed by atoms with E-state index in [0.717, 1.165) is 28.4 Å². The van der Waals surface area contributed by atoms with Crippen LogP contribution in [0.25, 0.3) is 44.2 Å². The van der Waals surface area contributed by atoms with Gasteiger partial charge in [0.2, 0.25) is 6.71 Å². The first-order valence-corrected chi connectivity index (χ1v) is 15.2. The van der Waals surface area contributed by atoms with Gasteiger partial charge in [0.25, 0.3) is 0 Å². The lowest BCUT2D eigenvalue weighted by Crippen LogP contribution is -2.57. The first kappa shape index (κ1) is 23.6. The fourth-order valence-corrected chi connectivity index (χ4v) is 8.63. The molecular weight excluding hydrogens is 525 g/mol. The molecule has 5 heterocycles. The monoisotopic (exact) mass is 553 g/mol. The summed E-state index contributed by atoms with van der Waals surface area (Å²) in [6.45, 7) is 9.03. The lowest BCUT2D eigenvalue weighted by atomic mass is 9.31. The second-order valence-electron chi connectivity index (χ2n) is 12.9. The topological polar surface area (TPSA) is 29.5 Å². The first-order valence-electron chi connectivity index (χ1n) is 15.2. The van der Waals surface area contributed by atoms with Gasteiger partial charge in [-0.05, 0) is 72.5 Å². The second-order valence-corrected chi connectivity index (χ2v) is 12.9. The molecule has 0 amide bonds. The lowest BCUT2D eigenvalue weighted by molar-refractivity contribution is 0.580. The molecule has 0 saturated heterocycles. The van der Waals surface area contributed by atoms with E-state index >= 15 is 0 Å². The van der Waals surface area contributed by atoms with E-state index in [2.05, 4.69) is 130 Å². The van der Waals surface area contributed by atoms with Crippen molar-refractivity contribution in [3.05, 3.63) is 120 Å². The summed E-state index contributed by atoms with van der Waals surface area (Å²) in [5, 5.41) is 2.48. The third kappa shape index (κ3) is 2.73. The SMILES string of the molecule is Cc1oc2cccc3c2c1-c1cc(N2c4ccccc4C(C)(C)c4ccccc42)cc2c1B3c1cccc3oc(C)c-2c13. The molecule has 0 unspecified atom stereocenters. The summed E-state index contributed by atoms with van der Waals surface area (Å²) < 4.78 is 12.9. The van der Waals surface area contributed by atoms with Crippen molar-refractivity contribution in [2.24, 2.45) is 0 Å². The smallest absolute Gasteiger partial charge is 0.244 e. The number of aryl methyl sites for hydroxylation is 2. The van der Waals surface area contributed by atoms with Gasteiger partial charge in [-0.15, -0.1) is 0 Å². The van der Waals surface area contributed by atoms with Gasteiger partial charge in [-0.2, -0.15) is 0 Å². The van der Waals surface area contributed by atoms with Crippen molar-refractivity contribution >= 4 is 62.1 Å². The van der Waals surface area contributed by atoms with Gasteiger partial charge in [0, 0.05) is 33.0 Å². The Hall–Kier alpha value is -4.96. The molecule has 0 fully saturated rings. The molecule has 0 bridgehead atoms. The second kappa shape index (κ2) is 7.70. The molecule has 3 aliphatic heterocycles. The molecule has 0 radical (unpaired) electrons. The van der Waals surface area contributed by atoms with Crippen LogP contribution in [-0.2, 0) is 5.41 Å². The molecule has 3 nitrogen and oxygen atoms in total. The van der Waals surface area contributed by atoms with Gasteiger partial charge < -0.3 is 13.7 Å². The normalized spacial score (nSPS) is 15.1. The molecule has 7 aromatic rings. The predicted octanol–water partition coefficient (Wildman–Crippen LogP) is 8.38. The van der Waals surface area contributed by atoms with Gasteiger partial charge in [0.1, 0.15) is 22.7 Å². The van der Waals surface area contributed by atoms with Crippen LogP contribution in [0.1, 0.15) is 36.5 Å². The van der Waals surface area contributed by atoms with Crippen LogP contribution in [0.2, 0.25) is 0 Å². The zero-order chi connectivity index (χ0) is 28.8. The van der Waals surface area contributed by atoms with E-state index in [1.807, 2.05) is 0 Å². The van der Waals surface area contributed by atoms with Gasteiger partial charge in [0.15, 0.2) is 0 Å². The molecule has 10 rings (SSSR count). The number of anilines is 3. The molecule has 0 atom stereocenters. The van der Waals surface area contributed by atoms with Gasteiger partial charge in [-0.1, -0.05) is 90.9 Å². The number of hydrogen-bond acceptors (Lipinski definition) is 3. The van der Waals surface area contributed by atoms with Gasteiger partial charge in [-0.25, -0.2) is 0 Å². The molecule has 4 heteroatoms. The largest absolute Gasteiger partial charge is 0.461 e. The van der Waals surface area contributed by atoms with E-state index in [1.54, 1.807) is 0 Å². The molecule has 3 aliphatic rings. The van der Waals surface area contributed by atoms with E-state index in [4.69, 9.17) is 8.83 Å². The highest BCUT2D eigenvalue weighted by Gasteiger charge is 2.43. The van der Waals surface area contributed by atoms with E-state index in [9.17, 15) is 0 Å². The Morgan fingerprint density at radius 3 is 1.60 bits per heavy atom. The number of nitrogens with zero attached hydrogens (tertiary/aromatic N) is 1. The fourth-order valence-electron chi connectivity index (χ4n) is 8.63. The predicted molar refractivity (Wildman–Crippen MR) is 178 cm³/mol. The maximum atomic E-state index is 6.47. The Balaban J connectivity index is 1.38. The minimum Gasteiger partial charge on any atom is -0.461 e. The molecule has 43 heavy (non-hydrogen) atoms. The van der Waals surface area contributed by atoms with Crippen molar-refractivity contribution < 1.29 is 8.83 Å². The lowest BCUT2D eigenvalue weighted by Gasteiger charge is -2.42. The number of benzene rings is 5. The van der Waals surface area contributed by atoms with Crippen molar-refractivity contribution in [1.29, 1.82) is 0 Å². The fraction of sp³-hybridized carbons (Fsp3) is 0.128. The molecule has 2 aromatic heterocycles. The van der Waals surface area contributed by atoms with Crippen LogP contribution in [-0.4, -0.2) is 6.71 Å². The van der Waals surface area contributed by atoms with Crippen LogP contribution in [0.4, 0.5) is 17.1 Å². The highest BCUT2D eigenvalue weighted by molar-refractivity contribution is 7.01. The third-order valence-electron chi connectivity index (χ3n) is 10.4. The standard InChI is InChI=1S/C39H28BNO2/c1-21-34-24-19-23(41-30-15-7-5-11-26(30)39(3,4)27-12-6-8-16-31(27)41)20-25-35-22(2)43-33-18-10-14-29(37(33)35)40(38(24)25)28-13-9-17-32(42-21)36(28)34/h5-20H,1-4H3. The quantitative estimate of drug-likeness (QED) is 0.191.